The van der Waals surface area contributed by atoms with E-state index in [9.17, 15) is 0 Å². The highest BCUT2D eigenvalue weighted by Crippen LogP contribution is 2.35. The van der Waals surface area contributed by atoms with E-state index in [0.717, 1.165) is 16.8 Å². The molecule has 0 spiro atoms. The van der Waals surface area contributed by atoms with Crippen LogP contribution in [0.1, 0.15) is 5.56 Å². The van der Waals surface area contributed by atoms with Crippen molar-refractivity contribution in [2.75, 3.05) is 21.3 Å². The zero-order valence-electron chi connectivity index (χ0n) is 11.6. The van der Waals surface area contributed by atoms with Gasteiger partial charge in [0.25, 0.3) is 0 Å². The Labute approximate surface area is 113 Å². The Kier molecular flexibility index (Phi) is 3.90. The molecule has 1 heterocycles. The minimum absolute atomic E-state index is 0.590. The molecule has 1 aromatic carbocycles. The summed E-state index contributed by atoms with van der Waals surface area (Å²) in [7, 11) is 4.85. The minimum Gasteiger partial charge on any atom is -0.493 e. The zero-order valence-corrected chi connectivity index (χ0v) is 11.6. The maximum atomic E-state index is 5.33. The van der Waals surface area contributed by atoms with Crippen LogP contribution in [0.3, 0.4) is 0 Å². The van der Waals surface area contributed by atoms with E-state index in [-0.39, 0.29) is 0 Å². The molecule has 0 N–H and O–H groups in total. The van der Waals surface area contributed by atoms with Crippen LogP contribution in [-0.4, -0.2) is 26.3 Å². The molecule has 2 rings (SSSR count). The summed E-state index contributed by atoms with van der Waals surface area (Å²) in [5.41, 5.74) is 2.91. The van der Waals surface area contributed by atoms with Gasteiger partial charge in [0.2, 0.25) is 5.88 Å². The molecule has 0 saturated carbocycles. The van der Waals surface area contributed by atoms with Crippen LogP contribution < -0.4 is 14.2 Å². The molecule has 0 aliphatic rings. The van der Waals surface area contributed by atoms with Gasteiger partial charge in [-0.15, -0.1) is 0 Å². The van der Waals surface area contributed by atoms with Crippen molar-refractivity contribution >= 4 is 0 Å². The van der Waals surface area contributed by atoms with Crippen LogP contribution >= 0.6 is 0 Å². The molecule has 0 amide bonds. The number of methoxy groups -OCH3 is 3. The molecule has 0 aliphatic heterocycles. The molecule has 0 radical (unpaired) electrons. The van der Waals surface area contributed by atoms with Crippen molar-refractivity contribution in [2.45, 2.75) is 6.92 Å². The number of aryl methyl sites for hydroxylation is 1. The highest BCUT2D eigenvalue weighted by molar-refractivity contribution is 5.68. The highest BCUT2D eigenvalue weighted by atomic mass is 16.5. The average molecular weight is 259 g/mol. The summed E-state index contributed by atoms with van der Waals surface area (Å²) >= 11 is 0. The average Bonchev–Trinajstić information content (AvgIpc) is 2.46. The zero-order chi connectivity index (χ0) is 13.8. The van der Waals surface area contributed by atoms with Crippen molar-refractivity contribution in [1.29, 1.82) is 0 Å². The van der Waals surface area contributed by atoms with Crippen LogP contribution in [0.15, 0.2) is 30.3 Å². The molecule has 0 aliphatic carbocycles. The Morgan fingerprint density at radius 2 is 1.58 bits per heavy atom. The van der Waals surface area contributed by atoms with Crippen molar-refractivity contribution in [3.05, 3.63) is 35.9 Å². The Morgan fingerprint density at radius 3 is 2.21 bits per heavy atom. The third-order valence-electron chi connectivity index (χ3n) is 2.94. The van der Waals surface area contributed by atoms with E-state index in [1.807, 2.05) is 37.3 Å². The van der Waals surface area contributed by atoms with Gasteiger partial charge in [-0.3, -0.25) is 0 Å². The summed E-state index contributed by atoms with van der Waals surface area (Å²) in [6.07, 6.45) is 0. The van der Waals surface area contributed by atoms with E-state index in [1.165, 1.54) is 0 Å². The Bertz CT molecular complexity index is 582. The lowest BCUT2D eigenvalue weighted by atomic mass is 10.0. The lowest BCUT2D eigenvalue weighted by molar-refractivity contribution is 0.355. The number of benzene rings is 1. The maximum Gasteiger partial charge on any atom is 0.213 e. The van der Waals surface area contributed by atoms with Gasteiger partial charge in [0.1, 0.15) is 0 Å². The van der Waals surface area contributed by atoms with Crippen LogP contribution in [-0.2, 0) is 0 Å². The fraction of sp³-hybridized carbons (Fsp3) is 0.267. The van der Waals surface area contributed by atoms with Crippen molar-refractivity contribution in [3.63, 3.8) is 0 Å². The smallest absolute Gasteiger partial charge is 0.213 e. The number of ether oxygens (including phenoxy) is 3. The number of pyridine rings is 1. The Balaban J connectivity index is 2.55. The van der Waals surface area contributed by atoms with Gasteiger partial charge in [0.15, 0.2) is 11.5 Å². The van der Waals surface area contributed by atoms with Gasteiger partial charge in [-0.25, -0.2) is 4.98 Å². The third-order valence-corrected chi connectivity index (χ3v) is 2.94. The monoisotopic (exact) mass is 259 g/mol. The summed E-state index contributed by atoms with van der Waals surface area (Å²) in [6, 6.07) is 9.54. The van der Waals surface area contributed by atoms with E-state index < -0.39 is 0 Å². The van der Waals surface area contributed by atoms with E-state index >= 15 is 0 Å². The normalized spacial score (nSPS) is 10.1. The molecule has 0 unspecified atom stereocenters. The number of hydrogen-bond donors (Lipinski definition) is 0. The first-order chi connectivity index (χ1) is 9.19. The molecule has 0 saturated heterocycles. The standard InChI is InChI=1S/C15H17NO3/c1-10-8-13(17-2)14(18-3)9-11(10)12-6-5-7-15(16-12)19-4/h5-9H,1-4H3. The second kappa shape index (κ2) is 5.61. The summed E-state index contributed by atoms with van der Waals surface area (Å²) in [6.45, 7) is 2.01. The van der Waals surface area contributed by atoms with Gasteiger partial charge < -0.3 is 14.2 Å². The highest BCUT2D eigenvalue weighted by Gasteiger charge is 2.11. The lowest BCUT2D eigenvalue weighted by Crippen LogP contribution is -1.95. The molecule has 0 bridgehead atoms. The van der Waals surface area contributed by atoms with Gasteiger partial charge in [-0.05, 0) is 30.7 Å². The van der Waals surface area contributed by atoms with Gasteiger partial charge in [-0.1, -0.05) is 6.07 Å². The van der Waals surface area contributed by atoms with E-state index in [1.54, 1.807) is 21.3 Å². The Hall–Kier alpha value is -2.23. The molecule has 2 aromatic rings. The second-order valence-corrected chi connectivity index (χ2v) is 4.09. The fourth-order valence-corrected chi connectivity index (χ4v) is 1.94. The largest absolute Gasteiger partial charge is 0.493 e. The third kappa shape index (κ3) is 2.62. The fourth-order valence-electron chi connectivity index (χ4n) is 1.94. The van der Waals surface area contributed by atoms with Gasteiger partial charge >= 0.3 is 0 Å². The number of aromatic nitrogens is 1. The molecule has 100 valence electrons. The Morgan fingerprint density at radius 1 is 0.895 bits per heavy atom. The maximum absolute atomic E-state index is 5.33. The molecular weight excluding hydrogens is 242 g/mol. The number of nitrogens with zero attached hydrogens (tertiary/aromatic N) is 1. The van der Waals surface area contributed by atoms with E-state index in [0.29, 0.717) is 17.4 Å². The van der Waals surface area contributed by atoms with Crippen LogP contribution in [0.5, 0.6) is 17.4 Å². The summed E-state index contributed by atoms with van der Waals surface area (Å²) in [5.74, 6) is 1.99. The number of rotatable bonds is 4. The summed E-state index contributed by atoms with van der Waals surface area (Å²) in [5, 5.41) is 0. The molecular formula is C15H17NO3. The van der Waals surface area contributed by atoms with Crippen molar-refractivity contribution in [3.8, 4) is 28.6 Å². The second-order valence-electron chi connectivity index (χ2n) is 4.09. The van der Waals surface area contributed by atoms with Gasteiger partial charge in [-0.2, -0.15) is 0 Å². The van der Waals surface area contributed by atoms with Crippen LogP contribution in [0.4, 0.5) is 0 Å². The lowest BCUT2D eigenvalue weighted by Gasteiger charge is -2.12. The van der Waals surface area contributed by atoms with Gasteiger partial charge in [0, 0.05) is 11.6 Å². The molecule has 4 heteroatoms. The quantitative estimate of drug-likeness (QED) is 0.846. The van der Waals surface area contributed by atoms with Crippen molar-refractivity contribution in [2.24, 2.45) is 0 Å². The first-order valence-electron chi connectivity index (χ1n) is 5.93. The molecule has 19 heavy (non-hydrogen) atoms. The van der Waals surface area contributed by atoms with Crippen molar-refractivity contribution < 1.29 is 14.2 Å². The predicted octanol–water partition coefficient (Wildman–Crippen LogP) is 3.08. The molecule has 1 aromatic heterocycles. The first kappa shape index (κ1) is 13.2. The van der Waals surface area contributed by atoms with Crippen molar-refractivity contribution in [1.82, 2.24) is 4.98 Å². The van der Waals surface area contributed by atoms with E-state index in [2.05, 4.69) is 4.98 Å². The minimum atomic E-state index is 0.590. The predicted molar refractivity (Wildman–Crippen MR) is 74.1 cm³/mol. The molecule has 0 atom stereocenters. The van der Waals surface area contributed by atoms with Gasteiger partial charge in [0.05, 0.1) is 27.0 Å². The first-order valence-corrected chi connectivity index (χ1v) is 5.93. The molecule has 0 fully saturated rings. The molecule has 4 nitrogen and oxygen atoms in total. The van der Waals surface area contributed by atoms with E-state index in [4.69, 9.17) is 14.2 Å². The van der Waals surface area contributed by atoms with Crippen LogP contribution in [0.2, 0.25) is 0 Å². The van der Waals surface area contributed by atoms with Crippen LogP contribution in [0.25, 0.3) is 11.3 Å². The summed E-state index contributed by atoms with van der Waals surface area (Å²) < 4.78 is 15.8. The number of hydrogen-bond acceptors (Lipinski definition) is 4. The van der Waals surface area contributed by atoms with Crippen LogP contribution in [0, 0.1) is 6.92 Å². The SMILES string of the molecule is COc1cccc(-c2cc(OC)c(OC)cc2C)n1. The topological polar surface area (TPSA) is 40.6 Å². The summed E-state index contributed by atoms with van der Waals surface area (Å²) in [4.78, 5) is 4.43.